The van der Waals surface area contributed by atoms with Gasteiger partial charge in [0.2, 0.25) is 10.0 Å². The minimum absolute atomic E-state index is 0.0518. The van der Waals surface area contributed by atoms with Crippen molar-refractivity contribution in [3.8, 4) is 0 Å². The molecule has 2 rings (SSSR count). The molecule has 0 bridgehead atoms. The van der Waals surface area contributed by atoms with Crippen LogP contribution in [0.1, 0.15) is 12.8 Å². The highest BCUT2D eigenvalue weighted by atomic mass is 35.5. The second kappa shape index (κ2) is 6.19. The predicted molar refractivity (Wildman–Crippen MR) is 77.2 cm³/mol. The molecular formula is C12H13ClN2O6S. The predicted octanol–water partition coefficient (Wildman–Crippen LogP) is 1.73. The first-order chi connectivity index (χ1) is 10.2. The van der Waals surface area contributed by atoms with Gasteiger partial charge in [0.05, 0.1) is 10.8 Å². The largest absolute Gasteiger partial charge is 0.481 e. The highest BCUT2D eigenvalue weighted by molar-refractivity contribution is 7.89. The number of nitro groups is 1. The van der Waals surface area contributed by atoms with Crippen LogP contribution in [0.5, 0.6) is 0 Å². The van der Waals surface area contributed by atoms with Crippen molar-refractivity contribution in [3.05, 3.63) is 33.3 Å². The number of hydrogen-bond acceptors (Lipinski definition) is 5. The van der Waals surface area contributed by atoms with E-state index < -0.39 is 37.4 Å². The van der Waals surface area contributed by atoms with Gasteiger partial charge in [-0.05, 0) is 25.0 Å². The van der Waals surface area contributed by atoms with E-state index in [0.717, 1.165) is 16.4 Å². The summed E-state index contributed by atoms with van der Waals surface area (Å²) in [6.45, 7) is -0.0862. The zero-order chi connectivity index (χ0) is 16.5. The molecule has 1 aromatic rings. The van der Waals surface area contributed by atoms with E-state index in [4.69, 9.17) is 16.7 Å². The molecule has 120 valence electrons. The maximum absolute atomic E-state index is 12.6. The molecule has 0 saturated carbocycles. The van der Waals surface area contributed by atoms with Crippen molar-refractivity contribution in [2.24, 2.45) is 5.92 Å². The second-order valence-corrected chi connectivity index (χ2v) is 7.25. The van der Waals surface area contributed by atoms with Crippen molar-refractivity contribution in [3.63, 3.8) is 0 Å². The molecule has 0 radical (unpaired) electrons. The van der Waals surface area contributed by atoms with Crippen molar-refractivity contribution >= 4 is 33.3 Å². The average Bonchev–Trinajstić information content (AvgIpc) is 2.47. The van der Waals surface area contributed by atoms with E-state index in [0.29, 0.717) is 12.8 Å². The van der Waals surface area contributed by atoms with Gasteiger partial charge in [0, 0.05) is 24.2 Å². The van der Waals surface area contributed by atoms with Crippen LogP contribution in [0, 0.1) is 16.0 Å². The van der Waals surface area contributed by atoms with Crippen LogP contribution in [0.15, 0.2) is 23.1 Å². The number of piperidine rings is 1. The molecule has 10 heteroatoms. The highest BCUT2D eigenvalue weighted by Gasteiger charge is 2.36. The molecule has 0 spiro atoms. The minimum Gasteiger partial charge on any atom is -0.481 e. The van der Waals surface area contributed by atoms with Gasteiger partial charge in [-0.2, -0.15) is 4.31 Å². The number of rotatable bonds is 4. The van der Waals surface area contributed by atoms with Crippen molar-refractivity contribution in [1.29, 1.82) is 0 Å². The number of carbonyl (C=O) groups is 1. The van der Waals surface area contributed by atoms with Crippen molar-refractivity contribution in [2.75, 3.05) is 13.1 Å². The lowest BCUT2D eigenvalue weighted by atomic mass is 10.0. The van der Waals surface area contributed by atoms with Crippen LogP contribution in [-0.2, 0) is 14.8 Å². The Morgan fingerprint density at radius 1 is 1.45 bits per heavy atom. The third kappa shape index (κ3) is 3.21. The monoisotopic (exact) mass is 348 g/mol. The SMILES string of the molecule is O=C(O)C1CCCN(S(=O)(=O)c2cc(Cl)ccc2[N+](=O)[O-])C1. The van der Waals surface area contributed by atoms with Crippen LogP contribution < -0.4 is 0 Å². The number of benzene rings is 1. The zero-order valence-electron chi connectivity index (χ0n) is 11.3. The third-order valence-corrected chi connectivity index (χ3v) is 5.60. The first-order valence-corrected chi connectivity index (χ1v) is 8.22. The fourth-order valence-electron chi connectivity index (χ4n) is 2.35. The molecule has 1 aliphatic heterocycles. The Morgan fingerprint density at radius 3 is 2.73 bits per heavy atom. The molecule has 0 amide bonds. The summed E-state index contributed by atoms with van der Waals surface area (Å²) in [7, 11) is -4.18. The van der Waals surface area contributed by atoms with E-state index >= 15 is 0 Å². The molecule has 1 N–H and O–H groups in total. The summed E-state index contributed by atoms with van der Waals surface area (Å²) in [5.74, 6) is -1.90. The fourth-order valence-corrected chi connectivity index (χ4v) is 4.29. The summed E-state index contributed by atoms with van der Waals surface area (Å²) >= 11 is 5.75. The number of nitro benzene ring substituents is 1. The Morgan fingerprint density at radius 2 is 2.14 bits per heavy atom. The van der Waals surface area contributed by atoms with Gasteiger partial charge >= 0.3 is 5.97 Å². The number of carboxylic acids is 1. The lowest BCUT2D eigenvalue weighted by molar-refractivity contribution is -0.387. The molecule has 1 heterocycles. The molecule has 0 aliphatic carbocycles. The number of sulfonamides is 1. The van der Waals surface area contributed by atoms with Gasteiger partial charge in [-0.15, -0.1) is 0 Å². The lowest BCUT2D eigenvalue weighted by Gasteiger charge is -2.29. The summed E-state index contributed by atoms with van der Waals surface area (Å²) in [6.07, 6.45) is 0.754. The summed E-state index contributed by atoms with van der Waals surface area (Å²) in [5, 5.41) is 20.1. The summed E-state index contributed by atoms with van der Waals surface area (Å²) in [4.78, 5) is 20.7. The number of hydrogen-bond donors (Lipinski definition) is 1. The number of nitrogens with zero attached hydrogens (tertiary/aromatic N) is 2. The molecule has 1 aromatic carbocycles. The maximum atomic E-state index is 12.6. The molecule has 8 nitrogen and oxygen atoms in total. The zero-order valence-corrected chi connectivity index (χ0v) is 12.9. The second-order valence-electron chi connectivity index (χ2n) is 4.91. The average molecular weight is 349 g/mol. The molecule has 0 aromatic heterocycles. The normalized spacial score (nSPS) is 19.8. The van der Waals surface area contributed by atoms with Crippen LogP contribution in [0.25, 0.3) is 0 Å². The third-order valence-electron chi connectivity index (χ3n) is 3.47. The Hall–Kier alpha value is -1.71. The molecular weight excluding hydrogens is 336 g/mol. The van der Waals surface area contributed by atoms with Gasteiger partial charge in [-0.1, -0.05) is 11.6 Å². The highest BCUT2D eigenvalue weighted by Crippen LogP contribution is 2.31. The molecule has 22 heavy (non-hydrogen) atoms. The Kier molecular flexibility index (Phi) is 4.69. The molecule has 1 saturated heterocycles. The van der Waals surface area contributed by atoms with Gasteiger partial charge in [0.1, 0.15) is 0 Å². The summed E-state index contributed by atoms with van der Waals surface area (Å²) in [5.41, 5.74) is -0.582. The van der Waals surface area contributed by atoms with E-state index in [1.165, 1.54) is 6.07 Å². The molecule has 1 aliphatic rings. The number of carboxylic acid groups (broad SMARTS) is 1. The van der Waals surface area contributed by atoms with E-state index in [-0.39, 0.29) is 18.1 Å². The van der Waals surface area contributed by atoms with E-state index in [2.05, 4.69) is 0 Å². The lowest BCUT2D eigenvalue weighted by Crippen LogP contribution is -2.42. The van der Waals surface area contributed by atoms with Crippen molar-refractivity contribution in [1.82, 2.24) is 4.31 Å². The quantitative estimate of drug-likeness (QED) is 0.654. The summed E-state index contributed by atoms with van der Waals surface area (Å²) < 4.78 is 26.2. The van der Waals surface area contributed by atoms with Gasteiger partial charge < -0.3 is 5.11 Å². The van der Waals surface area contributed by atoms with Crippen LogP contribution >= 0.6 is 11.6 Å². The van der Waals surface area contributed by atoms with E-state index in [1.54, 1.807) is 0 Å². The maximum Gasteiger partial charge on any atom is 0.307 e. The van der Waals surface area contributed by atoms with Crippen LogP contribution in [0.3, 0.4) is 0 Å². The first kappa shape index (κ1) is 16.7. The fraction of sp³-hybridized carbons (Fsp3) is 0.417. The molecule has 1 atom stereocenters. The number of aliphatic carboxylic acids is 1. The smallest absolute Gasteiger partial charge is 0.307 e. The van der Waals surface area contributed by atoms with Crippen LogP contribution in [0.4, 0.5) is 5.69 Å². The standard InChI is InChI=1S/C12H13ClN2O6S/c13-9-3-4-10(15(18)19)11(6-9)22(20,21)14-5-1-2-8(7-14)12(16)17/h3-4,6,8H,1-2,5,7H2,(H,16,17). The topological polar surface area (TPSA) is 118 Å². The van der Waals surface area contributed by atoms with E-state index in [1.807, 2.05) is 0 Å². The van der Waals surface area contributed by atoms with Crippen molar-refractivity contribution < 1.29 is 23.2 Å². The number of halogens is 1. The van der Waals surface area contributed by atoms with Crippen LogP contribution in [-0.4, -0.2) is 41.8 Å². The molecule has 1 unspecified atom stereocenters. The first-order valence-electron chi connectivity index (χ1n) is 6.40. The summed E-state index contributed by atoms with van der Waals surface area (Å²) in [6, 6.07) is 3.27. The van der Waals surface area contributed by atoms with Crippen LogP contribution in [0.2, 0.25) is 5.02 Å². The Balaban J connectivity index is 2.44. The Labute approximate surface area is 131 Å². The van der Waals surface area contributed by atoms with Crippen molar-refractivity contribution in [2.45, 2.75) is 17.7 Å². The van der Waals surface area contributed by atoms with Gasteiger partial charge in [0.25, 0.3) is 5.69 Å². The van der Waals surface area contributed by atoms with Gasteiger partial charge in [-0.25, -0.2) is 8.42 Å². The van der Waals surface area contributed by atoms with Gasteiger partial charge in [-0.3, -0.25) is 14.9 Å². The minimum atomic E-state index is -4.18. The Bertz CT molecular complexity index is 720. The van der Waals surface area contributed by atoms with E-state index in [9.17, 15) is 23.3 Å². The van der Waals surface area contributed by atoms with Gasteiger partial charge in [0.15, 0.2) is 4.90 Å². The molecule has 1 fully saturated rings.